The van der Waals surface area contributed by atoms with Crippen molar-refractivity contribution < 1.29 is 18.7 Å². The quantitative estimate of drug-likeness (QED) is 0.598. The van der Waals surface area contributed by atoms with Crippen LogP contribution < -0.4 is 10.6 Å². The molecule has 3 aromatic rings. The Kier molecular flexibility index (Phi) is 6.47. The van der Waals surface area contributed by atoms with Crippen LogP contribution in [0.15, 0.2) is 60.8 Å². The first-order valence-electron chi connectivity index (χ1n) is 8.87. The van der Waals surface area contributed by atoms with Crippen LogP contribution in [0, 0.1) is 5.82 Å². The zero-order valence-corrected chi connectivity index (χ0v) is 15.7. The van der Waals surface area contributed by atoms with Gasteiger partial charge in [0.1, 0.15) is 11.5 Å². The number of rotatable bonds is 7. The molecule has 8 heteroatoms. The van der Waals surface area contributed by atoms with Gasteiger partial charge in [-0.25, -0.2) is 19.2 Å². The van der Waals surface area contributed by atoms with E-state index in [-0.39, 0.29) is 24.0 Å². The van der Waals surface area contributed by atoms with Gasteiger partial charge < -0.3 is 15.4 Å². The second kappa shape index (κ2) is 9.41. The highest BCUT2D eigenvalue weighted by atomic mass is 19.1. The first-order chi connectivity index (χ1) is 14.1. The lowest BCUT2D eigenvalue weighted by Crippen LogP contribution is -2.27. The molecule has 0 fully saturated rings. The van der Waals surface area contributed by atoms with Crippen LogP contribution in [0.3, 0.4) is 0 Å². The topological polar surface area (TPSA) is 93.2 Å². The fourth-order valence-corrected chi connectivity index (χ4v) is 2.65. The van der Waals surface area contributed by atoms with Crippen LogP contribution in [-0.4, -0.2) is 35.5 Å². The molecule has 2 aromatic carbocycles. The van der Waals surface area contributed by atoms with E-state index in [1.165, 1.54) is 25.4 Å². The van der Waals surface area contributed by atoms with E-state index in [1.807, 2.05) is 0 Å². The monoisotopic (exact) mass is 394 g/mol. The van der Waals surface area contributed by atoms with Gasteiger partial charge in [0.05, 0.1) is 18.4 Å². The summed E-state index contributed by atoms with van der Waals surface area (Å²) in [5, 5.41) is 5.63. The normalized spacial score (nSPS) is 10.3. The van der Waals surface area contributed by atoms with Gasteiger partial charge >= 0.3 is 5.97 Å². The lowest BCUT2D eigenvalue weighted by Gasteiger charge is -2.10. The van der Waals surface area contributed by atoms with E-state index < -0.39 is 11.9 Å². The van der Waals surface area contributed by atoms with Crippen molar-refractivity contribution in [2.45, 2.75) is 6.42 Å². The molecule has 0 saturated heterocycles. The number of amides is 1. The Morgan fingerprint density at radius 1 is 1.07 bits per heavy atom. The van der Waals surface area contributed by atoms with Gasteiger partial charge in [0.15, 0.2) is 0 Å². The standard InChI is InChI=1S/C21H19FN4O3/c1-29-20(28)15-7-3-5-9-17(15)25-21-24-13-11-18(26-21)19(27)23-12-10-14-6-2-4-8-16(14)22/h2-9,11,13H,10,12H2,1H3,(H,23,27)(H,24,25,26). The number of nitrogens with one attached hydrogen (secondary N) is 2. The summed E-state index contributed by atoms with van der Waals surface area (Å²) in [6, 6.07) is 14.6. The SMILES string of the molecule is COC(=O)c1ccccc1Nc1nccc(C(=O)NCCc2ccccc2F)n1. The summed E-state index contributed by atoms with van der Waals surface area (Å²) in [5.74, 6) is -1.06. The zero-order valence-electron chi connectivity index (χ0n) is 15.7. The lowest BCUT2D eigenvalue weighted by molar-refractivity contribution is 0.0601. The number of hydrogen-bond donors (Lipinski definition) is 2. The molecule has 0 bridgehead atoms. The number of halogens is 1. The van der Waals surface area contributed by atoms with Gasteiger partial charge in [-0.3, -0.25) is 4.79 Å². The van der Waals surface area contributed by atoms with Crippen molar-refractivity contribution >= 4 is 23.5 Å². The molecule has 0 aliphatic rings. The molecule has 3 rings (SSSR count). The number of esters is 1. The van der Waals surface area contributed by atoms with E-state index in [0.717, 1.165) is 0 Å². The van der Waals surface area contributed by atoms with Crippen LogP contribution in [0.5, 0.6) is 0 Å². The summed E-state index contributed by atoms with van der Waals surface area (Å²) in [7, 11) is 1.29. The van der Waals surface area contributed by atoms with Gasteiger partial charge in [-0.1, -0.05) is 30.3 Å². The van der Waals surface area contributed by atoms with Crippen molar-refractivity contribution in [2.75, 3.05) is 19.0 Å². The Morgan fingerprint density at radius 3 is 2.62 bits per heavy atom. The van der Waals surface area contributed by atoms with Crippen molar-refractivity contribution in [3.8, 4) is 0 Å². The zero-order chi connectivity index (χ0) is 20.6. The lowest BCUT2D eigenvalue weighted by atomic mass is 10.1. The number of nitrogens with zero attached hydrogens (tertiary/aromatic N) is 2. The fourth-order valence-electron chi connectivity index (χ4n) is 2.65. The van der Waals surface area contributed by atoms with Crippen LogP contribution >= 0.6 is 0 Å². The Hall–Kier alpha value is -3.81. The number of para-hydroxylation sites is 1. The van der Waals surface area contributed by atoms with Crippen molar-refractivity contribution in [3.05, 3.63) is 83.4 Å². The summed E-state index contributed by atoms with van der Waals surface area (Å²) in [4.78, 5) is 32.5. The highest BCUT2D eigenvalue weighted by molar-refractivity contribution is 5.96. The second-order valence-electron chi connectivity index (χ2n) is 6.02. The van der Waals surface area contributed by atoms with E-state index in [0.29, 0.717) is 23.2 Å². The molecule has 2 N–H and O–H groups in total. The van der Waals surface area contributed by atoms with Crippen molar-refractivity contribution in [1.29, 1.82) is 0 Å². The largest absolute Gasteiger partial charge is 0.465 e. The molecule has 1 heterocycles. The van der Waals surface area contributed by atoms with Crippen LogP contribution in [0.25, 0.3) is 0 Å². The maximum atomic E-state index is 13.6. The second-order valence-corrected chi connectivity index (χ2v) is 6.02. The third-order valence-electron chi connectivity index (χ3n) is 4.10. The van der Waals surface area contributed by atoms with Crippen LogP contribution in [-0.2, 0) is 11.2 Å². The van der Waals surface area contributed by atoms with E-state index >= 15 is 0 Å². The number of methoxy groups -OCH3 is 1. The first-order valence-corrected chi connectivity index (χ1v) is 8.87. The molecule has 29 heavy (non-hydrogen) atoms. The number of benzene rings is 2. The summed E-state index contributed by atoms with van der Waals surface area (Å²) in [5.41, 5.74) is 1.44. The predicted octanol–water partition coefficient (Wildman–Crippen LogP) is 3.12. The van der Waals surface area contributed by atoms with Crippen LogP contribution in [0.4, 0.5) is 16.0 Å². The number of anilines is 2. The first kappa shape index (κ1) is 19.9. The van der Waals surface area contributed by atoms with Gasteiger partial charge in [0.2, 0.25) is 5.95 Å². The van der Waals surface area contributed by atoms with Crippen molar-refractivity contribution in [1.82, 2.24) is 15.3 Å². The number of carbonyl (C=O) groups excluding carboxylic acids is 2. The molecule has 148 valence electrons. The van der Waals surface area contributed by atoms with E-state index in [9.17, 15) is 14.0 Å². The average Bonchev–Trinajstić information content (AvgIpc) is 2.75. The molecule has 0 saturated carbocycles. The third kappa shape index (κ3) is 5.13. The maximum absolute atomic E-state index is 13.6. The number of aromatic nitrogens is 2. The van der Waals surface area contributed by atoms with Crippen LogP contribution in [0.2, 0.25) is 0 Å². The summed E-state index contributed by atoms with van der Waals surface area (Å²) in [6.45, 7) is 0.262. The fraction of sp³-hybridized carbons (Fsp3) is 0.143. The Bertz CT molecular complexity index is 1030. The van der Waals surface area contributed by atoms with Crippen molar-refractivity contribution in [2.24, 2.45) is 0 Å². The molecular weight excluding hydrogens is 375 g/mol. The smallest absolute Gasteiger partial charge is 0.339 e. The highest BCUT2D eigenvalue weighted by Gasteiger charge is 2.13. The third-order valence-corrected chi connectivity index (χ3v) is 4.10. The maximum Gasteiger partial charge on any atom is 0.339 e. The summed E-state index contributed by atoms with van der Waals surface area (Å²) in [6.07, 6.45) is 1.79. The Balaban J connectivity index is 1.66. The van der Waals surface area contributed by atoms with Gasteiger partial charge in [-0.2, -0.15) is 0 Å². The van der Waals surface area contributed by atoms with Gasteiger partial charge in [0.25, 0.3) is 5.91 Å². The molecule has 7 nitrogen and oxygen atoms in total. The Labute approximate surface area is 167 Å². The molecule has 0 atom stereocenters. The molecule has 0 aliphatic heterocycles. The molecule has 0 radical (unpaired) electrons. The highest BCUT2D eigenvalue weighted by Crippen LogP contribution is 2.19. The summed E-state index contributed by atoms with van der Waals surface area (Å²) < 4.78 is 18.4. The van der Waals surface area contributed by atoms with Gasteiger partial charge in [-0.05, 0) is 36.2 Å². The molecular formula is C21H19FN4O3. The Morgan fingerprint density at radius 2 is 1.83 bits per heavy atom. The molecule has 0 unspecified atom stereocenters. The minimum atomic E-state index is -0.504. The predicted molar refractivity (Wildman–Crippen MR) is 106 cm³/mol. The van der Waals surface area contributed by atoms with E-state index in [1.54, 1.807) is 42.5 Å². The minimum absolute atomic E-state index is 0.145. The number of carbonyl (C=O) groups is 2. The molecule has 0 aliphatic carbocycles. The number of hydrogen-bond acceptors (Lipinski definition) is 6. The number of ether oxygens (including phenoxy) is 1. The average molecular weight is 394 g/mol. The van der Waals surface area contributed by atoms with E-state index in [2.05, 4.69) is 20.6 Å². The van der Waals surface area contributed by atoms with Gasteiger partial charge in [-0.15, -0.1) is 0 Å². The molecule has 1 amide bonds. The molecule has 0 spiro atoms. The van der Waals surface area contributed by atoms with Crippen molar-refractivity contribution in [3.63, 3.8) is 0 Å². The molecule has 1 aromatic heterocycles. The minimum Gasteiger partial charge on any atom is -0.465 e. The van der Waals surface area contributed by atoms with E-state index in [4.69, 9.17) is 4.74 Å². The summed E-state index contributed by atoms with van der Waals surface area (Å²) >= 11 is 0. The van der Waals surface area contributed by atoms with Crippen LogP contribution in [0.1, 0.15) is 26.4 Å². The van der Waals surface area contributed by atoms with Gasteiger partial charge in [0, 0.05) is 12.7 Å².